The van der Waals surface area contributed by atoms with Crippen molar-refractivity contribution in [2.45, 2.75) is 20.3 Å². The van der Waals surface area contributed by atoms with Gasteiger partial charge in [0.2, 0.25) is 5.91 Å². The Balaban J connectivity index is 1.36. The summed E-state index contributed by atoms with van der Waals surface area (Å²) in [6.45, 7) is 7.96. The molecule has 1 amide bonds. The molecule has 1 aromatic heterocycles. The van der Waals surface area contributed by atoms with Crippen LogP contribution in [0.25, 0.3) is 10.9 Å². The van der Waals surface area contributed by atoms with Crippen molar-refractivity contribution < 1.29 is 13.9 Å². The molecular weight excluding hydrogens is 475 g/mol. The second-order valence-electron chi connectivity index (χ2n) is 8.86. The number of H-pyrrole nitrogens is 1. The first-order valence-corrected chi connectivity index (χ1v) is 12.3. The number of fused-ring (bicyclic) bond motifs is 1. The number of nitrogens with two attached hydrogens (primary N) is 1. The SMILES string of the molecule is CCc1cc2[nH]c(=O)c(C(C=Nc3ccc(OCCN4CCN(C(C)=O)CC4)cc3)=NN)cc2cc1F. The van der Waals surface area contributed by atoms with Crippen molar-refractivity contribution in [2.75, 3.05) is 39.3 Å². The summed E-state index contributed by atoms with van der Waals surface area (Å²) in [5.74, 6) is 6.05. The Labute approximate surface area is 214 Å². The van der Waals surface area contributed by atoms with E-state index in [9.17, 15) is 14.0 Å². The van der Waals surface area contributed by atoms with Crippen molar-refractivity contribution in [3.63, 3.8) is 0 Å². The molecular formula is C27H31FN6O3. The van der Waals surface area contributed by atoms with E-state index in [4.69, 9.17) is 10.6 Å². The number of aromatic amines is 1. The van der Waals surface area contributed by atoms with Crippen LogP contribution in [0.1, 0.15) is 25.0 Å². The van der Waals surface area contributed by atoms with Crippen LogP contribution in [0.5, 0.6) is 5.75 Å². The first-order valence-electron chi connectivity index (χ1n) is 12.3. The Hall–Kier alpha value is -4.05. The molecule has 9 nitrogen and oxygen atoms in total. The van der Waals surface area contributed by atoms with Crippen molar-refractivity contribution in [1.29, 1.82) is 0 Å². The van der Waals surface area contributed by atoms with Gasteiger partial charge in [-0.05, 0) is 54.4 Å². The average Bonchev–Trinajstić information content (AvgIpc) is 2.90. The maximum absolute atomic E-state index is 14.3. The van der Waals surface area contributed by atoms with Gasteiger partial charge < -0.3 is 20.5 Å². The number of ether oxygens (including phenoxy) is 1. The van der Waals surface area contributed by atoms with Gasteiger partial charge in [-0.25, -0.2) is 4.39 Å². The average molecular weight is 507 g/mol. The second kappa shape index (κ2) is 11.8. The van der Waals surface area contributed by atoms with Gasteiger partial charge in [-0.3, -0.25) is 19.5 Å². The van der Waals surface area contributed by atoms with Crippen molar-refractivity contribution in [2.24, 2.45) is 15.9 Å². The van der Waals surface area contributed by atoms with Gasteiger partial charge in [0, 0.05) is 50.6 Å². The van der Waals surface area contributed by atoms with Crippen LogP contribution in [-0.2, 0) is 11.2 Å². The minimum atomic E-state index is -0.386. The van der Waals surface area contributed by atoms with E-state index in [0.29, 0.717) is 40.9 Å². The summed E-state index contributed by atoms with van der Waals surface area (Å²) in [5.41, 5.74) is 1.70. The van der Waals surface area contributed by atoms with Crippen LogP contribution < -0.4 is 16.1 Å². The summed E-state index contributed by atoms with van der Waals surface area (Å²) >= 11 is 0. The molecule has 0 saturated carbocycles. The fourth-order valence-electron chi connectivity index (χ4n) is 4.25. The number of hydrogen-bond acceptors (Lipinski definition) is 7. The highest BCUT2D eigenvalue weighted by molar-refractivity contribution is 6.38. The molecule has 2 heterocycles. The predicted molar refractivity (Wildman–Crippen MR) is 143 cm³/mol. The van der Waals surface area contributed by atoms with Gasteiger partial charge in [-0.2, -0.15) is 5.10 Å². The normalized spacial score (nSPS) is 15.0. The molecule has 0 unspecified atom stereocenters. The van der Waals surface area contributed by atoms with Gasteiger partial charge in [-0.1, -0.05) is 6.92 Å². The molecule has 4 rings (SSSR count). The number of nitrogens with zero attached hydrogens (tertiary/aromatic N) is 4. The summed E-state index contributed by atoms with van der Waals surface area (Å²) < 4.78 is 20.1. The maximum atomic E-state index is 14.3. The van der Waals surface area contributed by atoms with Gasteiger partial charge in [0.25, 0.3) is 5.56 Å². The molecule has 1 fully saturated rings. The number of aryl methyl sites for hydroxylation is 1. The molecule has 37 heavy (non-hydrogen) atoms. The Morgan fingerprint density at radius 1 is 1.16 bits per heavy atom. The molecule has 0 atom stereocenters. The third-order valence-corrected chi connectivity index (χ3v) is 6.47. The molecule has 2 aromatic carbocycles. The zero-order valence-corrected chi connectivity index (χ0v) is 21.0. The van der Waals surface area contributed by atoms with E-state index in [0.717, 1.165) is 32.7 Å². The number of nitrogens with one attached hydrogen (secondary N) is 1. The van der Waals surface area contributed by atoms with E-state index < -0.39 is 0 Å². The van der Waals surface area contributed by atoms with Gasteiger partial charge in [-0.15, -0.1) is 0 Å². The Morgan fingerprint density at radius 2 is 1.89 bits per heavy atom. The van der Waals surface area contributed by atoms with E-state index in [1.54, 1.807) is 31.2 Å². The Bertz CT molecular complexity index is 1380. The summed E-state index contributed by atoms with van der Waals surface area (Å²) in [7, 11) is 0. The number of carbonyl (C=O) groups excluding carboxylic acids is 1. The number of aromatic nitrogens is 1. The third kappa shape index (κ3) is 6.39. The summed E-state index contributed by atoms with van der Waals surface area (Å²) in [6, 6.07) is 11.8. The Kier molecular flexibility index (Phi) is 8.29. The summed E-state index contributed by atoms with van der Waals surface area (Å²) in [5, 5.41) is 4.26. The van der Waals surface area contributed by atoms with Crippen LogP contribution in [0.2, 0.25) is 0 Å². The number of hydrazone groups is 1. The van der Waals surface area contributed by atoms with Crippen LogP contribution in [0.15, 0.2) is 57.4 Å². The van der Waals surface area contributed by atoms with Crippen molar-refractivity contribution in [1.82, 2.24) is 14.8 Å². The van der Waals surface area contributed by atoms with Gasteiger partial charge >= 0.3 is 0 Å². The van der Waals surface area contributed by atoms with Gasteiger partial charge in [0.1, 0.15) is 23.9 Å². The molecule has 0 spiro atoms. The molecule has 3 aromatic rings. The lowest BCUT2D eigenvalue weighted by Gasteiger charge is -2.34. The number of carbonyl (C=O) groups is 1. The largest absolute Gasteiger partial charge is 0.492 e. The highest BCUT2D eigenvalue weighted by atomic mass is 19.1. The van der Waals surface area contributed by atoms with Crippen molar-refractivity contribution >= 4 is 34.4 Å². The topological polar surface area (TPSA) is 116 Å². The third-order valence-electron chi connectivity index (χ3n) is 6.47. The fraction of sp³-hybridized carbons (Fsp3) is 0.333. The maximum Gasteiger partial charge on any atom is 0.258 e. The molecule has 10 heteroatoms. The van der Waals surface area contributed by atoms with Crippen LogP contribution in [0.4, 0.5) is 10.1 Å². The molecule has 3 N–H and O–H groups in total. The quantitative estimate of drug-likeness (QED) is 0.277. The molecule has 1 aliphatic rings. The molecule has 0 aliphatic carbocycles. The second-order valence-corrected chi connectivity index (χ2v) is 8.86. The first-order chi connectivity index (χ1) is 17.9. The van der Waals surface area contributed by atoms with E-state index in [-0.39, 0.29) is 28.6 Å². The monoisotopic (exact) mass is 506 g/mol. The summed E-state index contributed by atoms with van der Waals surface area (Å²) in [6.07, 6.45) is 1.93. The molecule has 1 aliphatic heterocycles. The lowest BCUT2D eigenvalue weighted by Crippen LogP contribution is -2.48. The number of hydrogen-bond donors (Lipinski definition) is 2. The molecule has 194 valence electrons. The number of halogens is 1. The fourth-order valence-corrected chi connectivity index (χ4v) is 4.25. The predicted octanol–water partition coefficient (Wildman–Crippen LogP) is 2.84. The van der Waals surface area contributed by atoms with Crippen LogP contribution in [-0.4, -0.2) is 71.9 Å². The minimum Gasteiger partial charge on any atom is -0.492 e. The van der Waals surface area contributed by atoms with E-state index in [1.165, 1.54) is 12.3 Å². The molecule has 1 saturated heterocycles. The van der Waals surface area contributed by atoms with Gasteiger partial charge in [0.05, 0.1) is 17.5 Å². The van der Waals surface area contributed by atoms with E-state index in [2.05, 4.69) is 20.0 Å². The summed E-state index contributed by atoms with van der Waals surface area (Å²) in [4.78, 5) is 35.4. The van der Waals surface area contributed by atoms with Crippen LogP contribution >= 0.6 is 0 Å². The van der Waals surface area contributed by atoms with Crippen LogP contribution in [0, 0.1) is 5.82 Å². The number of amides is 1. The smallest absolute Gasteiger partial charge is 0.258 e. The van der Waals surface area contributed by atoms with Crippen molar-refractivity contribution in [3.8, 4) is 5.75 Å². The van der Waals surface area contributed by atoms with E-state index >= 15 is 0 Å². The first kappa shape index (κ1) is 26.0. The zero-order chi connectivity index (χ0) is 26.4. The highest BCUT2D eigenvalue weighted by Gasteiger charge is 2.18. The number of pyridine rings is 1. The lowest BCUT2D eigenvalue weighted by molar-refractivity contribution is -0.130. The van der Waals surface area contributed by atoms with E-state index in [1.807, 2.05) is 24.0 Å². The number of piperazine rings is 1. The van der Waals surface area contributed by atoms with Crippen LogP contribution in [0.3, 0.4) is 0 Å². The lowest BCUT2D eigenvalue weighted by atomic mass is 10.1. The van der Waals surface area contributed by atoms with Gasteiger partial charge in [0.15, 0.2) is 0 Å². The standard InChI is InChI=1S/C27H31FN6O3/c1-3-19-16-25-20(15-24(19)28)14-23(27(36)31-25)26(32-29)17-30-21-4-6-22(7-5-21)37-13-12-33-8-10-34(11-9-33)18(2)35/h4-7,14-17H,3,8-13,29H2,1-2H3,(H,31,36). The van der Waals surface area contributed by atoms with Crippen molar-refractivity contribution in [3.05, 3.63) is 69.8 Å². The number of benzene rings is 2. The Morgan fingerprint density at radius 3 is 2.54 bits per heavy atom. The number of aliphatic imine (C=N–C) groups is 1. The number of rotatable bonds is 8. The molecule has 0 radical (unpaired) electrons. The minimum absolute atomic E-state index is 0.119. The highest BCUT2D eigenvalue weighted by Crippen LogP contribution is 2.20. The molecule has 0 bridgehead atoms. The zero-order valence-electron chi connectivity index (χ0n) is 21.0.